The summed E-state index contributed by atoms with van der Waals surface area (Å²) in [6, 6.07) is 11.8. The summed E-state index contributed by atoms with van der Waals surface area (Å²) >= 11 is 0. The number of fused-ring (bicyclic) bond motifs is 1. The van der Waals surface area contributed by atoms with Crippen molar-refractivity contribution < 1.29 is 18.1 Å². The third kappa shape index (κ3) is 3.54. The van der Waals surface area contributed by atoms with E-state index in [9.17, 15) is 23.3 Å². The molecule has 0 aromatic heterocycles. The lowest BCUT2D eigenvalue weighted by Gasteiger charge is -2.04. The van der Waals surface area contributed by atoms with E-state index in [0.29, 0.717) is 5.56 Å². The second kappa shape index (κ2) is 6.92. The van der Waals surface area contributed by atoms with E-state index < -0.39 is 20.9 Å². The van der Waals surface area contributed by atoms with Gasteiger partial charge >= 0.3 is 0 Å². The monoisotopic (exact) mass is 374 g/mol. The Morgan fingerprint density at radius 3 is 2.73 bits per heavy atom. The van der Waals surface area contributed by atoms with Crippen LogP contribution in [0.3, 0.4) is 0 Å². The van der Waals surface area contributed by atoms with Gasteiger partial charge in [0.15, 0.2) is 0 Å². The fraction of sp³-hybridized carbons (Fsp3) is 0.125. The zero-order valence-corrected chi connectivity index (χ0v) is 14.2. The molecule has 0 bridgehead atoms. The first-order valence-electron chi connectivity index (χ1n) is 7.58. The van der Waals surface area contributed by atoms with E-state index >= 15 is 0 Å². The number of nitrogens with zero attached hydrogens (tertiary/aromatic N) is 2. The average molecular weight is 374 g/mol. The SMILES string of the molecule is O=C(NCCN=C1NS(=O)(=O)c2ccccc21)c1cccc([N+](=O)[O-])c1. The van der Waals surface area contributed by atoms with Crippen molar-refractivity contribution >= 4 is 27.5 Å². The molecule has 0 aliphatic carbocycles. The highest BCUT2D eigenvalue weighted by molar-refractivity contribution is 7.90. The van der Waals surface area contributed by atoms with E-state index in [1.165, 1.54) is 30.3 Å². The number of sulfonamides is 1. The number of carbonyl (C=O) groups excluding carboxylic acids is 1. The van der Waals surface area contributed by atoms with Gasteiger partial charge in [0.2, 0.25) is 0 Å². The Bertz CT molecular complexity index is 1020. The molecular weight excluding hydrogens is 360 g/mol. The highest BCUT2D eigenvalue weighted by Gasteiger charge is 2.29. The van der Waals surface area contributed by atoms with E-state index in [4.69, 9.17) is 0 Å². The number of amides is 1. The number of hydrogen-bond acceptors (Lipinski definition) is 6. The van der Waals surface area contributed by atoms with Crippen molar-refractivity contribution in [1.29, 1.82) is 0 Å². The summed E-state index contributed by atoms with van der Waals surface area (Å²) in [5, 5.41) is 13.3. The smallest absolute Gasteiger partial charge is 0.270 e. The molecule has 1 amide bonds. The van der Waals surface area contributed by atoms with Crippen molar-refractivity contribution in [3.63, 3.8) is 0 Å². The number of rotatable bonds is 5. The summed E-state index contributed by atoms with van der Waals surface area (Å²) in [5.41, 5.74) is 0.478. The number of non-ortho nitro benzene ring substituents is 1. The van der Waals surface area contributed by atoms with Crippen LogP contribution >= 0.6 is 0 Å². The maximum Gasteiger partial charge on any atom is 0.270 e. The third-order valence-electron chi connectivity index (χ3n) is 3.65. The number of nitrogens with one attached hydrogen (secondary N) is 2. The number of aliphatic imine (C=N–C) groups is 1. The van der Waals surface area contributed by atoms with Crippen LogP contribution in [0, 0.1) is 10.1 Å². The molecule has 3 rings (SSSR count). The largest absolute Gasteiger partial charge is 0.350 e. The molecule has 2 aromatic rings. The number of carbonyl (C=O) groups is 1. The first-order valence-corrected chi connectivity index (χ1v) is 9.06. The van der Waals surface area contributed by atoms with Gasteiger partial charge in [-0.15, -0.1) is 0 Å². The molecule has 26 heavy (non-hydrogen) atoms. The second-order valence-electron chi connectivity index (χ2n) is 5.40. The van der Waals surface area contributed by atoms with Crippen molar-refractivity contribution in [2.24, 2.45) is 4.99 Å². The number of amidine groups is 1. The Morgan fingerprint density at radius 2 is 1.96 bits per heavy atom. The van der Waals surface area contributed by atoms with Crippen LogP contribution in [0.15, 0.2) is 58.4 Å². The minimum absolute atomic E-state index is 0.146. The molecule has 0 radical (unpaired) electrons. The number of nitro groups is 1. The highest BCUT2D eigenvalue weighted by atomic mass is 32.2. The third-order valence-corrected chi connectivity index (χ3v) is 5.05. The lowest BCUT2D eigenvalue weighted by Crippen LogP contribution is -2.27. The quantitative estimate of drug-likeness (QED) is 0.459. The molecule has 0 atom stereocenters. The Kier molecular flexibility index (Phi) is 4.67. The van der Waals surface area contributed by atoms with Gasteiger partial charge in [0, 0.05) is 29.8 Å². The van der Waals surface area contributed by atoms with Gasteiger partial charge < -0.3 is 5.32 Å². The van der Waals surface area contributed by atoms with E-state index in [2.05, 4.69) is 15.0 Å². The lowest BCUT2D eigenvalue weighted by atomic mass is 10.2. The van der Waals surface area contributed by atoms with Gasteiger partial charge in [-0.05, 0) is 18.2 Å². The number of hydrogen-bond donors (Lipinski definition) is 2. The standard InChI is InChI=1S/C16H14N4O5S/c21-16(11-4-3-5-12(10-11)20(22)23)18-9-8-17-15-13-6-1-2-7-14(13)26(24,25)19-15/h1-7,10H,8-9H2,(H,17,19)(H,18,21). The lowest BCUT2D eigenvalue weighted by molar-refractivity contribution is -0.384. The molecule has 1 aliphatic rings. The molecule has 0 spiro atoms. The van der Waals surface area contributed by atoms with Gasteiger partial charge in [0.05, 0.1) is 16.4 Å². The maximum absolute atomic E-state index is 12.0. The zero-order chi connectivity index (χ0) is 18.7. The molecule has 1 aliphatic heterocycles. The van der Waals surface area contributed by atoms with Gasteiger partial charge in [0.25, 0.3) is 21.6 Å². The Labute approximate surface area is 149 Å². The molecule has 2 aromatic carbocycles. The molecule has 0 saturated heterocycles. The summed E-state index contributed by atoms with van der Waals surface area (Å²) in [6.07, 6.45) is 0. The van der Waals surface area contributed by atoms with Crippen molar-refractivity contribution in [3.05, 3.63) is 69.8 Å². The molecule has 2 N–H and O–H groups in total. The van der Waals surface area contributed by atoms with Gasteiger partial charge in [-0.3, -0.25) is 24.6 Å². The first-order chi connectivity index (χ1) is 12.4. The Balaban J connectivity index is 1.63. The van der Waals surface area contributed by atoms with E-state index in [1.807, 2.05) is 0 Å². The van der Waals surface area contributed by atoms with Crippen LogP contribution in [0.1, 0.15) is 15.9 Å². The molecule has 0 saturated carbocycles. The predicted molar refractivity (Wildman–Crippen MR) is 93.6 cm³/mol. The summed E-state index contributed by atoms with van der Waals surface area (Å²) < 4.78 is 26.3. The van der Waals surface area contributed by atoms with Crippen molar-refractivity contribution in [2.45, 2.75) is 4.90 Å². The van der Waals surface area contributed by atoms with Crippen LogP contribution < -0.4 is 10.0 Å². The summed E-state index contributed by atoms with van der Waals surface area (Å²) in [4.78, 5) is 26.5. The molecular formula is C16H14N4O5S. The first kappa shape index (κ1) is 17.5. The van der Waals surface area contributed by atoms with Crippen LogP contribution in [0.4, 0.5) is 5.69 Å². The van der Waals surface area contributed by atoms with E-state index in [-0.39, 0.29) is 35.1 Å². The minimum atomic E-state index is -3.60. The molecule has 10 heteroatoms. The molecule has 134 valence electrons. The summed E-state index contributed by atoms with van der Waals surface area (Å²) in [7, 11) is -3.60. The van der Waals surface area contributed by atoms with Crippen LogP contribution in [-0.4, -0.2) is 38.2 Å². The zero-order valence-electron chi connectivity index (χ0n) is 13.4. The summed E-state index contributed by atoms with van der Waals surface area (Å²) in [6.45, 7) is 0.293. The van der Waals surface area contributed by atoms with Gasteiger partial charge in [0.1, 0.15) is 5.84 Å². The molecule has 0 unspecified atom stereocenters. The topological polar surface area (TPSA) is 131 Å². The van der Waals surface area contributed by atoms with Crippen LogP contribution in [0.25, 0.3) is 0 Å². The molecule has 9 nitrogen and oxygen atoms in total. The molecule has 0 fully saturated rings. The Hall–Kier alpha value is -3.27. The van der Waals surface area contributed by atoms with Crippen molar-refractivity contribution in [2.75, 3.05) is 13.1 Å². The maximum atomic E-state index is 12.0. The normalized spacial score (nSPS) is 15.9. The van der Waals surface area contributed by atoms with E-state index in [1.54, 1.807) is 18.2 Å². The number of benzene rings is 2. The second-order valence-corrected chi connectivity index (χ2v) is 7.05. The average Bonchev–Trinajstić information content (AvgIpc) is 2.89. The number of nitro benzene ring substituents is 1. The fourth-order valence-corrected chi connectivity index (χ4v) is 3.70. The van der Waals surface area contributed by atoms with Crippen LogP contribution in [-0.2, 0) is 10.0 Å². The highest BCUT2D eigenvalue weighted by Crippen LogP contribution is 2.21. The van der Waals surface area contributed by atoms with Gasteiger partial charge in [-0.25, -0.2) is 8.42 Å². The Morgan fingerprint density at radius 1 is 1.19 bits per heavy atom. The predicted octanol–water partition coefficient (Wildman–Crippen LogP) is 1.06. The van der Waals surface area contributed by atoms with Gasteiger partial charge in [-0.1, -0.05) is 18.2 Å². The summed E-state index contributed by atoms with van der Waals surface area (Å²) in [5.74, 6) is -0.244. The minimum Gasteiger partial charge on any atom is -0.350 e. The van der Waals surface area contributed by atoms with Crippen molar-refractivity contribution in [1.82, 2.24) is 10.0 Å². The fourth-order valence-electron chi connectivity index (χ4n) is 2.45. The van der Waals surface area contributed by atoms with Gasteiger partial charge in [-0.2, -0.15) is 0 Å². The molecule has 1 heterocycles. The van der Waals surface area contributed by atoms with Crippen LogP contribution in [0.2, 0.25) is 0 Å². The van der Waals surface area contributed by atoms with E-state index in [0.717, 1.165) is 0 Å². The van der Waals surface area contributed by atoms with Crippen molar-refractivity contribution in [3.8, 4) is 0 Å². The van der Waals surface area contributed by atoms with Crippen LogP contribution in [0.5, 0.6) is 0 Å².